The second kappa shape index (κ2) is 8.00. The van der Waals surface area contributed by atoms with Crippen molar-refractivity contribution in [2.24, 2.45) is 11.8 Å². The number of halogens is 1. The zero-order valence-electron chi connectivity index (χ0n) is 11.5. The number of nitrogens with zero attached hydrogens (tertiary/aromatic N) is 1. The zero-order valence-corrected chi connectivity index (χ0v) is 12.3. The molecular weight excluding hydrogens is 248 g/mol. The van der Waals surface area contributed by atoms with E-state index in [2.05, 4.69) is 5.32 Å². The standard InChI is InChI=1S/C14H26N2O.ClH/c1-16(11-12-5-3-2-4-6-12)14(17)9-13-7-8-15-10-13;/h12-13,15H,2-11H2,1H3;1H. The Morgan fingerprint density at radius 2 is 1.89 bits per heavy atom. The van der Waals surface area contributed by atoms with Crippen LogP contribution in [0.1, 0.15) is 44.9 Å². The van der Waals surface area contributed by atoms with E-state index in [0.717, 1.165) is 32.0 Å². The maximum atomic E-state index is 12.1. The Morgan fingerprint density at radius 1 is 1.17 bits per heavy atom. The molecule has 2 rings (SSSR count). The van der Waals surface area contributed by atoms with Crippen LogP contribution < -0.4 is 5.32 Å². The van der Waals surface area contributed by atoms with Crippen molar-refractivity contribution >= 4 is 18.3 Å². The van der Waals surface area contributed by atoms with E-state index in [1.54, 1.807) is 0 Å². The van der Waals surface area contributed by atoms with Crippen LogP contribution in [0.25, 0.3) is 0 Å². The molecule has 4 heteroatoms. The fourth-order valence-electron chi connectivity index (χ4n) is 3.15. The minimum atomic E-state index is 0. The van der Waals surface area contributed by atoms with E-state index in [1.807, 2.05) is 11.9 Å². The summed E-state index contributed by atoms with van der Waals surface area (Å²) in [6.07, 6.45) is 8.67. The van der Waals surface area contributed by atoms with Gasteiger partial charge in [0.05, 0.1) is 0 Å². The van der Waals surface area contributed by atoms with Gasteiger partial charge in [-0.05, 0) is 44.2 Å². The number of carbonyl (C=O) groups excluding carboxylic acids is 1. The highest BCUT2D eigenvalue weighted by molar-refractivity contribution is 5.85. The van der Waals surface area contributed by atoms with Crippen LogP contribution in [0.4, 0.5) is 0 Å². The van der Waals surface area contributed by atoms with Gasteiger partial charge in [-0.3, -0.25) is 4.79 Å². The van der Waals surface area contributed by atoms with Gasteiger partial charge < -0.3 is 10.2 Å². The molecule has 0 aromatic heterocycles. The largest absolute Gasteiger partial charge is 0.345 e. The highest BCUT2D eigenvalue weighted by Gasteiger charge is 2.22. The van der Waals surface area contributed by atoms with E-state index in [-0.39, 0.29) is 12.4 Å². The molecule has 2 fully saturated rings. The molecule has 1 saturated heterocycles. The van der Waals surface area contributed by atoms with Gasteiger partial charge in [-0.1, -0.05) is 19.3 Å². The van der Waals surface area contributed by atoms with E-state index >= 15 is 0 Å². The van der Waals surface area contributed by atoms with Gasteiger partial charge >= 0.3 is 0 Å². The Balaban J connectivity index is 0.00000162. The lowest BCUT2D eigenvalue weighted by Crippen LogP contribution is -2.34. The smallest absolute Gasteiger partial charge is 0.222 e. The molecular formula is C14H27ClN2O. The van der Waals surface area contributed by atoms with Crippen molar-refractivity contribution in [3.63, 3.8) is 0 Å². The van der Waals surface area contributed by atoms with Crippen LogP contribution in [0.3, 0.4) is 0 Å². The molecule has 1 N–H and O–H groups in total. The molecule has 2 aliphatic rings. The highest BCUT2D eigenvalue weighted by atomic mass is 35.5. The number of nitrogens with one attached hydrogen (secondary N) is 1. The third kappa shape index (κ3) is 4.77. The first-order valence-corrected chi connectivity index (χ1v) is 7.20. The first-order chi connectivity index (χ1) is 8.25. The van der Waals surface area contributed by atoms with E-state index in [1.165, 1.54) is 38.5 Å². The molecule has 1 heterocycles. The molecule has 0 aromatic rings. The van der Waals surface area contributed by atoms with Crippen molar-refractivity contribution in [1.29, 1.82) is 0 Å². The Labute approximate surface area is 117 Å². The molecule has 0 spiro atoms. The lowest BCUT2D eigenvalue weighted by Gasteiger charge is -2.27. The van der Waals surface area contributed by atoms with Gasteiger partial charge in [-0.2, -0.15) is 0 Å². The third-order valence-corrected chi connectivity index (χ3v) is 4.31. The summed E-state index contributed by atoms with van der Waals surface area (Å²) in [4.78, 5) is 14.1. The van der Waals surface area contributed by atoms with Crippen LogP contribution in [0.15, 0.2) is 0 Å². The first-order valence-electron chi connectivity index (χ1n) is 7.20. The maximum Gasteiger partial charge on any atom is 0.222 e. The summed E-state index contributed by atoms with van der Waals surface area (Å²) in [7, 11) is 1.99. The second-order valence-electron chi connectivity index (χ2n) is 5.84. The molecule has 1 atom stereocenters. The minimum absolute atomic E-state index is 0. The Bertz CT molecular complexity index is 248. The van der Waals surface area contributed by atoms with E-state index in [4.69, 9.17) is 0 Å². The molecule has 0 radical (unpaired) electrons. The Hall–Kier alpha value is -0.280. The summed E-state index contributed by atoms with van der Waals surface area (Å²) >= 11 is 0. The van der Waals surface area contributed by atoms with E-state index in [0.29, 0.717) is 11.8 Å². The van der Waals surface area contributed by atoms with Gasteiger partial charge in [0.25, 0.3) is 0 Å². The van der Waals surface area contributed by atoms with Gasteiger partial charge in [0.15, 0.2) is 0 Å². The summed E-state index contributed by atoms with van der Waals surface area (Å²) in [6, 6.07) is 0. The number of hydrogen-bond acceptors (Lipinski definition) is 2. The monoisotopic (exact) mass is 274 g/mol. The van der Waals surface area contributed by atoms with E-state index in [9.17, 15) is 4.79 Å². The van der Waals surface area contributed by atoms with Crippen LogP contribution in [-0.4, -0.2) is 37.5 Å². The topological polar surface area (TPSA) is 32.3 Å². The SMILES string of the molecule is CN(CC1CCCCC1)C(=O)CC1CCNC1.Cl. The molecule has 18 heavy (non-hydrogen) atoms. The zero-order chi connectivity index (χ0) is 12.1. The van der Waals surface area contributed by atoms with Crippen molar-refractivity contribution < 1.29 is 4.79 Å². The summed E-state index contributed by atoms with van der Waals surface area (Å²) in [5.74, 6) is 1.69. The molecule has 3 nitrogen and oxygen atoms in total. The summed E-state index contributed by atoms with van der Waals surface area (Å²) < 4.78 is 0. The molecule has 1 aliphatic heterocycles. The van der Waals surface area contributed by atoms with Gasteiger partial charge in [0.1, 0.15) is 0 Å². The summed E-state index contributed by atoms with van der Waals surface area (Å²) in [6.45, 7) is 3.10. The second-order valence-corrected chi connectivity index (χ2v) is 5.84. The van der Waals surface area contributed by atoms with Crippen LogP contribution in [0, 0.1) is 11.8 Å². The number of carbonyl (C=O) groups is 1. The maximum absolute atomic E-state index is 12.1. The third-order valence-electron chi connectivity index (χ3n) is 4.31. The Morgan fingerprint density at radius 3 is 2.50 bits per heavy atom. The molecule has 1 unspecified atom stereocenters. The average Bonchev–Trinajstić information content (AvgIpc) is 2.83. The number of amides is 1. The van der Waals surface area contributed by atoms with Crippen molar-refractivity contribution in [1.82, 2.24) is 10.2 Å². The van der Waals surface area contributed by atoms with Crippen molar-refractivity contribution in [3.05, 3.63) is 0 Å². The molecule has 1 aliphatic carbocycles. The fourth-order valence-corrected chi connectivity index (χ4v) is 3.15. The minimum Gasteiger partial charge on any atom is -0.345 e. The summed E-state index contributed by atoms with van der Waals surface area (Å²) in [5, 5.41) is 3.33. The fraction of sp³-hybridized carbons (Fsp3) is 0.929. The quantitative estimate of drug-likeness (QED) is 0.854. The predicted molar refractivity (Wildman–Crippen MR) is 77.1 cm³/mol. The molecule has 1 saturated carbocycles. The van der Waals surface area contributed by atoms with E-state index < -0.39 is 0 Å². The highest BCUT2D eigenvalue weighted by Crippen LogP contribution is 2.24. The van der Waals surface area contributed by atoms with Crippen molar-refractivity contribution in [2.75, 3.05) is 26.7 Å². The molecule has 1 amide bonds. The van der Waals surface area contributed by atoms with Crippen LogP contribution in [-0.2, 0) is 4.79 Å². The average molecular weight is 275 g/mol. The number of rotatable bonds is 4. The van der Waals surface area contributed by atoms with Crippen molar-refractivity contribution in [3.8, 4) is 0 Å². The van der Waals surface area contributed by atoms with Crippen LogP contribution in [0.2, 0.25) is 0 Å². The van der Waals surface area contributed by atoms with Crippen molar-refractivity contribution in [2.45, 2.75) is 44.9 Å². The predicted octanol–water partition coefficient (Wildman–Crippen LogP) is 2.45. The lowest BCUT2D eigenvalue weighted by molar-refractivity contribution is -0.131. The molecule has 0 aromatic carbocycles. The first kappa shape index (κ1) is 15.8. The molecule has 0 bridgehead atoms. The lowest BCUT2D eigenvalue weighted by atomic mass is 9.89. The number of hydrogen-bond donors (Lipinski definition) is 1. The Kier molecular flexibility index (Phi) is 7.02. The molecule has 106 valence electrons. The van der Waals surface area contributed by atoms with Gasteiger partial charge in [-0.25, -0.2) is 0 Å². The van der Waals surface area contributed by atoms with Gasteiger partial charge in [0, 0.05) is 20.0 Å². The van der Waals surface area contributed by atoms with Gasteiger partial charge in [0.2, 0.25) is 5.91 Å². The van der Waals surface area contributed by atoms with Crippen LogP contribution in [0.5, 0.6) is 0 Å². The summed E-state index contributed by atoms with van der Waals surface area (Å²) in [5.41, 5.74) is 0. The normalized spacial score (nSPS) is 24.6. The van der Waals surface area contributed by atoms with Gasteiger partial charge in [-0.15, -0.1) is 12.4 Å². The van der Waals surface area contributed by atoms with Crippen LogP contribution >= 0.6 is 12.4 Å².